The first-order chi connectivity index (χ1) is 16.8. The van der Waals surface area contributed by atoms with Crippen molar-refractivity contribution in [1.82, 2.24) is 0 Å². The molecule has 2 N–H and O–H groups in total. The summed E-state index contributed by atoms with van der Waals surface area (Å²) in [6.45, 7) is 8.01. The topological polar surface area (TPSA) is 70.0 Å². The summed E-state index contributed by atoms with van der Waals surface area (Å²) in [6, 6.07) is 11.4. The van der Waals surface area contributed by atoms with E-state index in [4.69, 9.17) is 16.3 Å². The summed E-state index contributed by atoms with van der Waals surface area (Å²) in [6.07, 6.45) is 7.01. The molecule has 3 aliphatic rings. The minimum absolute atomic E-state index is 0.183. The predicted octanol–water partition coefficient (Wildman–Crippen LogP) is 5.86. The second-order valence-electron chi connectivity index (χ2n) is 10.9. The molecule has 1 heterocycles. The molecule has 1 fully saturated rings. The number of aliphatic hydroxyl groups is 1. The van der Waals surface area contributed by atoms with Crippen molar-refractivity contribution in [2.45, 2.75) is 57.0 Å². The lowest BCUT2D eigenvalue weighted by Gasteiger charge is -2.52. The molecular weight excluding hydrogens is 462 g/mol. The van der Waals surface area contributed by atoms with Gasteiger partial charge in [0.05, 0.1) is 24.0 Å². The molecule has 0 saturated heterocycles. The van der Waals surface area contributed by atoms with Crippen molar-refractivity contribution in [1.29, 1.82) is 0 Å². The Bertz CT molecular complexity index is 1150. The first-order valence-electron chi connectivity index (χ1n) is 12.6. The average molecular weight is 496 g/mol. The van der Waals surface area contributed by atoms with Gasteiger partial charge in [-0.3, -0.25) is 0 Å². The highest BCUT2D eigenvalue weighted by Crippen LogP contribution is 2.52. The molecule has 1 aliphatic heterocycles. The maximum Gasteiger partial charge on any atom is 0.335 e. The molecule has 0 bridgehead atoms. The summed E-state index contributed by atoms with van der Waals surface area (Å²) in [5.41, 5.74) is 3.26. The van der Waals surface area contributed by atoms with E-state index < -0.39 is 12.1 Å². The van der Waals surface area contributed by atoms with E-state index in [9.17, 15) is 15.0 Å². The maximum atomic E-state index is 11.8. The van der Waals surface area contributed by atoms with Crippen molar-refractivity contribution in [2.24, 2.45) is 11.3 Å². The van der Waals surface area contributed by atoms with Gasteiger partial charge in [0.2, 0.25) is 0 Å². The number of aliphatic hydroxyl groups excluding tert-OH is 1. The minimum atomic E-state index is -0.945. The second kappa shape index (κ2) is 9.18. The minimum Gasteiger partial charge on any atom is -0.490 e. The quantitative estimate of drug-likeness (QED) is 0.491. The number of anilines is 1. The lowest BCUT2D eigenvalue weighted by Crippen LogP contribution is -2.53. The fourth-order valence-electron chi connectivity index (χ4n) is 6.48. The van der Waals surface area contributed by atoms with E-state index >= 15 is 0 Å². The Morgan fingerprint density at radius 2 is 2.14 bits per heavy atom. The van der Waals surface area contributed by atoms with Gasteiger partial charge in [-0.15, -0.1) is 6.58 Å². The molecule has 5 nitrogen and oxygen atoms in total. The van der Waals surface area contributed by atoms with Gasteiger partial charge in [-0.1, -0.05) is 30.7 Å². The lowest BCUT2D eigenvalue weighted by atomic mass is 9.57. The Balaban J connectivity index is 1.55. The monoisotopic (exact) mass is 495 g/mol. The zero-order chi connectivity index (χ0) is 24.8. The molecule has 0 radical (unpaired) electrons. The third-order valence-electron chi connectivity index (χ3n) is 8.84. The molecule has 2 aromatic rings. The van der Waals surface area contributed by atoms with Crippen molar-refractivity contribution in [2.75, 3.05) is 24.6 Å². The van der Waals surface area contributed by atoms with E-state index in [2.05, 4.69) is 30.5 Å². The van der Waals surface area contributed by atoms with Crippen LogP contribution in [-0.4, -0.2) is 42.0 Å². The third-order valence-corrected chi connectivity index (χ3v) is 9.08. The molecular formula is C29H34ClNO4. The van der Waals surface area contributed by atoms with Crippen LogP contribution in [-0.2, 0) is 11.8 Å². The SMILES string of the molecule is C=CCC(O)[C@]1(C)CC[C@@H]1CN1C[C@@]2(CCCc3cc(Cl)ccc32)COc2ccc(C(=O)O)cc21. The van der Waals surface area contributed by atoms with Crippen LogP contribution in [0.5, 0.6) is 5.75 Å². The summed E-state index contributed by atoms with van der Waals surface area (Å²) in [5.74, 6) is 0.0714. The molecule has 2 aromatic carbocycles. The molecule has 0 aromatic heterocycles. The number of nitrogens with zero attached hydrogens (tertiary/aromatic N) is 1. The lowest BCUT2D eigenvalue weighted by molar-refractivity contribution is -0.0695. The number of fused-ring (bicyclic) bond motifs is 3. The van der Waals surface area contributed by atoms with Crippen molar-refractivity contribution in [3.63, 3.8) is 0 Å². The molecule has 1 unspecified atom stereocenters. The predicted molar refractivity (Wildman–Crippen MR) is 139 cm³/mol. The number of carbonyl (C=O) groups is 1. The highest BCUT2D eigenvalue weighted by Gasteiger charge is 2.49. The van der Waals surface area contributed by atoms with E-state index in [-0.39, 0.29) is 16.4 Å². The Labute approximate surface area is 212 Å². The third kappa shape index (κ3) is 4.23. The van der Waals surface area contributed by atoms with E-state index in [0.717, 1.165) is 61.7 Å². The summed E-state index contributed by atoms with van der Waals surface area (Å²) in [4.78, 5) is 14.1. The number of halogens is 1. The molecule has 186 valence electrons. The molecule has 35 heavy (non-hydrogen) atoms. The van der Waals surface area contributed by atoms with E-state index in [1.807, 2.05) is 6.07 Å². The average Bonchev–Trinajstić information content (AvgIpc) is 2.98. The molecule has 5 rings (SSSR count). The zero-order valence-corrected chi connectivity index (χ0v) is 21.1. The van der Waals surface area contributed by atoms with Crippen molar-refractivity contribution < 1.29 is 19.7 Å². The second-order valence-corrected chi connectivity index (χ2v) is 11.3. The van der Waals surface area contributed by atoms with Crippen LogP contribution in [0.4, 0.5) is 5.69 Å². The molecule has 0 amide bonds. The number of ether oxygens (including phenoxy) is 1. The van der Waals surface area contributed by atoms with Gasteiger partial charge in [-0.25, -0.2) is 4.79 Å². The molecule has 1 saturated carbocycles. The van der Waals surface area contributed by atoms with Crippen LogP contribution in [0.2, 0.25) is 5.02 Å². The largest absolute Gasteiger partial charge is 0.490 e. The Morgan fingerprint density at radius 3 is 2.86 bits per heavy atom. The van der Waals surface area contributed by atoms with E-state index in [1.54, 1.807) is 24.3 Å². The fraction of sp³-hybridized carbons (Fsp3) is 0.483. The van der Waals surface area contributed by atoms with Gasteiger partial charge in [0.25, 0.3) is 0 Å². The van der Waals surface area contributed by atoms with Gasteiger partial charge in [0.1, 0.15) is 5.75 Å². The highest BCUT2D eigenvalue weighted by atomic mass is 35.5. The summed E-state index contributed by atoms with van der Waals surface area (Å²) >= 11 is 6.34. The Kier molecular flexibility index (Phi) is 6.35. The number of aryl methyl sites for hydroxylation is 1. The van der Waals surface area contributed by atoms with Crippen LogP contribution >= 0.6 is 11.6 Å². The number of carboxylic acids is 1. The summed E-state index contributed by atoms with van der Waals surface area (Å²) < 4.78 is 6.43. The van der Waals surface area contributed by atoms with Crippen molar-refractivity contribution in [3.8, 4) is 5.75 Å². The van der Waals surface area contributed by atoms with E-state index in [0.29, 0.717) is 18.9 Å². The standard InChI is InChI=1S/C29H34ClNO4/c1-3-5-26(32)28(2)13-11-21(28)16-31-17-29(12-4-6-19-14-22(30)8-9-23(19)29)18-35-25-10-7-20(27(33)34)15-24(25)31/h3,7-10,14-15,21,26,32H,1,4-6,11-13,16-18H2,2H3,(H,33,34)/t21-,26?,28-,29+/m1/s1. The fourth-order valence-corrected chi connectivity index (χ4v) is 6.68. The number of rotatable bonds is 6. The van der Waals surface area contributed by atoms with Crippen LogP contribution in [0.1, 0.15) is 60.5 Å². The maximum absolute atomic E-state index is 11.8. The normalized spacial score (nSPS) is 28.2. The van der Waals surface area contributed by atoms with Gasteiger partial charge in [0, 0.05) is 23.5 Å². The Morgan fingerprint density at radius 1 is 1.31 bits per heavy atom. The van der Waals surface area contributed by atoms with Crippen LogP contribution in [0, 0.1) is 11.3 Å². The first-order valence-corrected chi connectivity index (χ1v) is 13.0. The summed E-state index contributed by atoms with van der Waals surface area (Å²) in [7, 11) is 0. The molecule has 4 atom stereocenters. The van der Waals surface area contributed by atoms with Crippen LogP contribution in [0.3, 0.4) is 0 Å². The molecule has 1 spiro atoms. The van der Waals surface area contributed by atoms with E-state index in [1.165, 1.54) is 11.1 Å². The zero-order valence-electron chi connectivity index (χ0n) is 20.3. The van der Waals surface area contributed by atoms with Gasteiger partial charge in [-0.05, 0) is 91.3 Å². The number of hydrogen-bond donors (Lipinski definition) is 2. The molecule has 2 aliphatic carbocycles. The number of benzene rings is 2. The number of carboxylic acid groups (broad SMARTS) is 1. The van der Waals surface area contributed by atoms with Crippen LogP contribution in [0.25, 0.3) is 0 Å². The number of aromatic carboxylic acids is 1. The van der Waals surface area contributed by atoms with Gasteiger partial charge < -0.3 is 19.8 Å². The van der Waals surface area contributed by atoms with Crippen molar-refractivity contribution in [3.05, 3.63) is 70.8 Å². The Hall–Kier alpha value is -2.50. The van der Waals surface area contributed by atoms with Crippen molar-refractivity contribution >= 4 is 23.3 Å². The first kappa shape index (κ1) is 24.2. The van der Waals surface area contributed by atoms with Crippen LogP contribution < -0.4 is 9.64 Å². The van der Waals surface area contributed by atoms with Gasteiger partial charge in [0.15, 0.2) is 0 Å². The summed E-state index contributed by atoms with van der Waals surface area (Å²) in [5, 5.41) is 21.3. The van der Waals surface area contributed by atoms with Gasteiger partial charge >= 0.3 is 5.97 Å². The molecule has 6 heteroatoms. The smallest absolute Gasteiger partial charge is 0.335 e. The highest BCUT2D eigenvalue weighted by molar-refractivity contribution is 6.30. The van der Waals surface area contributed by atoms with Gasteiger partial charge in [-0.2, -0.15) is 0 Å². The van der Waals surface area contributed by atoms with Crippen LogP contribution in [0.15, 0.2) is 49.1 Å². The number of hydrogen-bond acceptors (Lipinski definition) is 4.